The summed E-state index contributed by atoms with van der Waals surface area (Å²) in [5.41, 5.74) is -0.0637. The van der Waals surface area contributed by atoms with Crippen LogP contribution in [0.1, 0.15) is 31.4 Å². The summed E-state index contributed by atoms with van der Waals surface area (Å²) in [5.74, 6) is -1.09. The first-order valence-corrected chi connectivity index (χ1v) is 7.03. The molecule has 17 heavy (non-hydrogen) atoms. The van der Waals surface area contributed by atoms with Crippen LogP contribution < -0.4 is 0 Å². The fraction of sp³-hybridized carbons (Fsp3) is 0.417. The van der Waals surface area contributed by atoms with E-state index in [0.717, 1.165) is 0 Å². The second kappa shape index (κ2) is 5.28. The molecule has 0 aromatic heterocycles. The summed E-state index contributed by atoms with van der Waals surface area (Å²) < 4.78 is 37.4. The molecule has 0 fully saturated rings. The highest BCUT2D eigenvalue weighted by Crippen LogP contribution is 2.18. The van der Waals surface area contributed by atoms with Crippen molar-refractivity contribution in [3.63, 3.8) is 0 Å². The van der Waals surface area contributed by atoms with Gasteiger partial charge in [-0.2, -0.15) is 5.26 Å². The Morgan fingerprint density at radius 2 is 2.12 bits per heavy atom. The Morgan fingerprint density at radius 1 is 1.47 bits per heavy atom. The van der Waals surface area contributed by atoms with E-state index < -0.39 is 20.9 Å². The quantitative estimate of drug-likeness (QED) is 0.830. The van der Waals surface area contributed by atoms with Gasteiger partial charge in [0.25, 0.3) is 0 Å². The average Bonchev–Trinajstić information content (AvgIpc) is 2.30. The van der Waals surface area contributed by atoms with E-state index in [2.05, 4.69) is 0 Å². The number of hydrogen-bond donors (Lipinski definition) is 0. The Balaban J connectivity index is 3.10. The fourth-order valence-electron chi connectivity index (χ4n) is 1.39. The molecule has 0 bridgehead atoms. The van der Waals surface area contributed by atoms with Crippen molar-refractivity contribution in [2.24, 2.45) is 0 Å². The summed E-state index contributed by atoms with van der Waals surface area (Å²) in [6, 6.07) is 5.91. The molecule has 0 N–H and O–H groups in total. The molecule has 1 atom stereocenters. The van der Waals surface area contributed by atoms with Gasteiger partial charge in [-0.3, -0.25) is 0 Å². The van der Waals surface area contributed by atoms with Gasteiger partial charge in [-0.05, 0) is 19.4 Å². The molecule has 0 aliphatic carbocycles. The van der Waals surface area contributed by atoms with Gasteiger partial charge in [0.05, 0.1) is 16.6 Å². The Bertz CT molecular complexity index is 546. The second-order valence-electron chi connectivity index (χ2n) is 3.92. The highest BCUT2D eigenvalue weighted by Gasteiger charge is 2.22. The maximum atomic E-state index is 13.7. The third-order valence-corrected chi connectivity index (χ3v) is 5.02. The fourth-order valence-corrected chi connectivity index (χ4v) is 2.84. The van der Waals surface area contributed by atoms with Crippen molar-refractivity contribution >= 4 is 9.84 Å². The van der Waals surface area contributed by atoms with E-state index in [4.69, 9.17) is 5.26 Å². The second-order valence-corrected chi connectivity index (χ2v) is 6.34. The number of nitrogens with zero attached hydrogens (tertiary/aromatic N) is 1. The summed E-state index contributed by atoms with van der Waals surface area (Å²) in [6.07, 6.45) is 0.488. The van der Waals surface area contributed by atoms with Gasteiger partial charge in [-0.25, -0.2) is 12.8 Å². The van der Waals surface area contributed by atoms with Crippen molar-refractivity contribution in [1.29, 1.82) is 5.26 Å². The molecule has 92 valence electrons. The van der Waals surface area contributed by atoms with Crippen molar-refractivity contribution in [2.45, 2.75) is 31.3 Å². The van der Waals surface area contributed by atoms with Crippen molar-refractivity contribution in [3.8, 4) is 6.07 Å². The lowest BCUT2D eigenvalue weighted by Crippen LogP contribution is -2.19. The summed E-state index contributed by atoms with van der Waals surface area (Å²) in [7, 11) is -3.36. The Morgan fingerprint density at radius 3 is 2.65 bits per heavy atom. The number of nitriles is 1. The standard InChI is InChI=1S/C12H14FNO2S/c1-3-9(2)17(15,16)8-11-6-4-5-10(7-14)12(11)13/h4-6,9H,3,8H2,1-2H3. The van der Waals surface area contributed by atoms with Crippen molar-refractivity contribution in [1.82, 2.24) is 0 Å². The normalized spacial score (nSPS) is 13.1. The largest absolute Gasteiger partial charge is 0.228 e. The maximum absolute atomic E-state index is 13.7. The zero-order chi connectivity index (χ0) is 13.1. The van der Waals surface area contributed by atoms with Gasteiger partial charge in [-0.1, -0.05) is 19.1 Å². The number of benzene rings is 1. The first-order chi connectivity index (χ1) is 7.92. The summed E-state index contributed by atoms with van der Waals surface area (Å²) in [6.45, 7) is 3.37. The van der Waals surface area contributed by atoms with Gasteiger partial charge in [-0.15, -0.1) is 0 Å². The SMILES string of the molecule is CCC(C)S(=O)(=O)Cc1cccc(C#N)c1F. The van der Waals surface area contributed by atoms with Crippen LogP contribution in [0.5, 0.6) is 0 Å². The lowest BCUT2D eigenvalue weighted by Gasteiger charge is -2.11. The third kappa shape index (κ3) is 3.04. The number of hydrogen-bond acceptors (Lipinski definition) is 3. The minimum atomic E-state index is -3.36. The van der Waals surface area contributed by atoms with E-state index in [-0.39, 0.29) is 16.9 Å². The molecule has 0 radical (unpaired) electrons. The van der Waals surface area contributed by atoms with Crippen LogP contribution in [0, 0.1) is 17.1 Å². The molecule has 0 saturated carbocycles. The van der Waals surface area contributed by atoms with Crippen LogP contribution in [0.15, 0.2) is 18.2 Å². The van der Waals surface area contributed by atoms with Crippen molar-refractivity contribution in [3.05, 3.63) is 35.1 Å². The highest BCUT2D eigenvalue weighted by atomic mass is 32.2. The Hall–Kier alpha value is -1.41. The molecule has 1 unspecified atom stereocenters. The minimum absolute atomic E-state index is 0.0596. The van der Waals surface area contributed by atoms with Crippen LogP contribution in [0.25, 0.3) is 0 Å². The highest BCUT2D eigenvalue weighted by molar-refractivity contribution is 7.91. The average molecular weight is 255 g/mol. The van der Waals surface area contributed by atoms with Crippen LogP contribution in [-0.4, -0.2) is 13.7 Å². The first kappa shape index (κ1) is 13.7. The summed E-state index contributed by atoms with van der Waals surface area (Å²) in [4.78, 5) is 0. The maximum Gasteiger partial charge on any atom is 0.157 e. The Labute approximate surface area is 101 Å². The molecule has 0 aliphatic heterocycles. The van der Waals surface area contributed by atoms with Crippen molar-refractivity contribution < 1.29 is 12.8 Å². The van der Waals surface area contributed by atoms with E-state index in [0.29, 0.717) is 6.42 Å². The molecule has 0 heterocycles. The molecular formula is C12H14FNO2S. The van der Waals surface area contributed by atoms with E-state index in [9.17, 15) is 12.8 Å². The molecule has 0 amide bonds. The van der Waals surface area contributed by atoms with Crippen LogP contribution in [-0.2, 0) is 15.6 Å². The van der Waals surface area contributed by atoms with Gasteiger partial charge in [0, 0.05) is 5.56 Å². The van der Waals surface area contributed by atoms with E-state index >= 15 is 0 Å². The van der Waals surface area contributed by atoms with Gasteiger partial charge >= 0.3 is 0 Å². The third-order valence-electron chi connectivity index (χ3n) is 2.74. The lowest BCUT2D eigenvalue weighted by atomic mass is 10.1. The van der Waals surface area contributed by atoms with E-state index in [1.54, 1.807) is 19.9 Å². The molecule has 1 rings (SSSR count). The Kier molecular flexibility index (Phi) is 4.24. The predicted octanol–water partition coefficient (Wildman–Crippen LogP) is 2.41. The molecule has 0 saturated heterocycles. The zero-order valence-corrected chi connectivity index (χ0v) is 10.6. The molecule has 5 heteroatoms. The van der Waals surface area contributed by atoms with Crippen LogP contribution in [0.2, 0.25) is 0 Å². The number of rotatable bonds is 4. The molecule has 3 nitrogen and oxygen atoms in total. The molecule has 0 aliphatic rings. The smallest absolute Gasteiger partial charge is 0.157 e. The van der Waals surface area contributed by atoms with Crippen LogP contribution >= 0.6 is 0 Å². The van der Waals surface area contributed by atoms with Gasteiger partial charge < -0.3 is 0 Å². The van der Waals surface area contributed by atoms with Crippen LogP contribution in [0.3, 0.4) is 0 Å². The molecular weight excluding hydrogens is 241 g/mol. The van der Waals surface area contributed by atoms with Crippen LogP contribution in [0.4, 0.5) is 4.39 Å². The monoisotopic (exact) mass is 255 g/mol. The summed E-state index contributed by atoms with van der Waals surface area (Å²) >= 11 is 0. The molecule has 1 aromatic carbocycles. The van der Waals surface area contributed by atoms with Gasteiger partial charge in [0.2, 0.25) is 0 Å². The zero-order valence-electron chi connectivity index (χ0n) is 9.77. The van der Waals surface area contributed by atoms with Crippen molar-refractivity contribution in [2.75, 3.05) is 0 Å². The van der Waals surface area contributed by atoms with E-state index in [1.165, 1.54) is 18.2 Å². The molecule has 0 spiro atoms. The first-order valence-electron chi connectivity index (χ1n) is 5.31. The number of sulfone groups is 1. The summed E-state index contributed by atoms with van der Waals surface area (Å²) in [5, 5.41) is 8.15. The molecule has 1 aromatic rings. The number of halogens is 1. The lowest BCUT2D eigenvalue weighted by molar-refractivity contribution is 0.573. The topological polar surface area (TPSA) is 57.9 Å². The predicted molar refractivity (Wildman–Crippen MR) is 63.5 cm³/mol. The minimum Gasteiger partial charge on any atom is -0.228 e. The van der Waals surface area contributed by atoms with Gasteiger partial charge in [0.1, 0.15) is 11.9 Å². The van der Waals surface area contributed by atoms with Gasteiger partial charge in [0.15, 0.2) is 9.84 Å². The van der Waals surface area contributed by atoms with E-state index in [1.807, 2.05) is 0 Å².